The van der Waals surface area contributed by atoms with Crippen LogP contribution in [-0.4, -0.2) is 34.5 Å². The zero-order valence-corrected chi connectivity index (χ0v) is 20.6. The molecule has 186 valence electrons. The molecular weight excluding hydrogens is 458 g/mol. The van der Waals surface area contributed by atoms with Gasteiger partial charge in [-0.25, -0.2) is 0 Å². The van der Waals surface area contributed by atoms with Crippen molar-refractivity contribution in [2.45, 2.75) is 44.4 Å². The maximum atomic E-state index is 13.3. The molecule has 1 fully saturated rings. The van der Waals surface area contributed by atoms with Crippen LogP contribution in [-0.2, 0) is 11.8 Å². The first-order chi connectivity index (χ1) is 17.5. The summed E-state index contributed by atoms with van der Waals surface area (Å²) in [7, 11) is 3.10. The SMILES string of the molecule is CCCCc1[nH]c(=O)c(-c2nnc(C3(c4ccccc4)CC3)o2)c(O)c1-c1c(OC)cccc1OC. The molecule has 0 bridgehead atoms. The lowest BCUT2D eigenvalue weighted by atomic mass is 9.95. The lowest BCUT2D eigenvalue weighted by molar-refractivity contribution is 0.396. The summed E-state index contributed by atoms with van der Waals surface area (Å²) in [4.78, 5) is 16.2. The Labute approximate surface area is 208 Å². The zero-order valence-electron chi connectivity index (χ0n) is 20.6. The van der Waals surface area contributed by atoms with Crippen molar-refractivity contribution < 1.29 is 19.0 Å². The van der Waals surface area contributed by atoms with Crippen LogP contribution in [0.5, 0.6) is 17.2 Å². The fourth-order valence-electron chi connectivity index (χ4n) is 4.77. The number of benzene rings is 2. The van der Waals surface area contributed by atoms with Crippen molar-refractivity contribution in [1.82, 2.24) is 15.2 Å². The Morgan fingerprint density at radius 3 is 2.28 bits per heavy atom. The number of unbranched alkanes of at least 4 members (excludes halogenated alkanes) is 1. The summed E-state index contributed by atoms with van der Waals surface area (Å²) >= 11 is 0. The van der Waals surface area contributed by atoms with Gasteiger partial charge in [-0.05, 0) is 43.4 Å². The first-order valence-corrected chi connectivity index (χ1v) is 12.1. The van der Waals surface area contributed by atoms with Crippen LogP contribution in [0.15, 0.2) is 57.7 Å². The van der Waals surface area contributed by atoms with Crippen molar-refractivity contribution in [3.63, 3.8) is 0 Å². The smallest absolute Gasteiger partial charge is 0.264 e. The number of methoxy groups -OCH3 is 2. The molecule has 2 N–H and O–H groups in total. The molecule has 0 unspecified atom stereocenters. The summed E-state index contributed by atoms with van der Waals surface area (Å²) < 4.78 is 17.3. The number of aryl methyl sites for hydroxylation is 1. The third kappa shape index (κ3) is 3.92. The number of nitrogens with one attached hydrogen (secondary N) is 1. The van der Waals surface area contributed by atoms with Gasteiger partial charge >= 0.3 is 0 Å². The van der Waals surface area contributed by atoms with Gasteiger partial charge in [0.15, 0.2) is 0 Å². The van der Waals surface area contributed by atoms with E-state index in [4.69, 9.17) is 13.9 Å². The highest BCUT2D eigenvalue weighted by Crippen LogP contribution is 2.53. The van der Waals surface area contributed by atoms with Crippen molar-refractivity contribution >= 4 is 0 Å². The summed E-state index contributed by atoms with van der Waals surface area (Å²) in [6.07, 6.45) is 4.05. The van der Waals surface area contributed by atoms with Gasteiger partial charge in [0.2, 0.25) is 5.89 Å². The van der Waals surface area contributed by atoms with Crippen molar-refractivity contribution in [2.24, 2.45) is 0 Å². The van der Waals surface area contributed by atoms with Gasteiger partial charge in [-0.3, -0.25) is 4.79 Å². The molecule has 1 aliphatic rings. The molecule has 0 aliphatic heterocycles. The Morgan fingerprint density at radius 2 is 1.67 bits per heavy atom. The third-order valence-corrected chi connectivity index (χ3v) is 6.85. The average Bonchev–Trinajstić information content (AvgIpc) is 3.58. The predicted molar refractivity (Wildman–Crippen MR) is 136 cm³/mol. The highest BCUT2D eigenvalue weighted by atomic mass is 16.5. The molecule has 0 spiro atoms. The Hall–Kier alpha value is -4.07. The highest BCUT2D eigenvalue weighted by molar-refractivity contribution is 5.87. The molecule has 36 heavy (non-hydrogen) atoms. The predicted octanol–water partition coefficient (Wildman–Crippen LogP) is 5.24. The van der Waals surface area contributed by atoms with Crippen molar-refractivity contribution in [3.8, 4) is 39.8 Å². The van der Waals surface area contributed by atoms with Gasteiger partial charge in [0.25, 0.3) is 11.4 Å². The second-order valence-electron chi connectivity index (χ2n) is 9.03. The number of ether oxygens (including phenoxy) is 2. The Balaban J connectivity index is 1.68. The maximum Gasteiger partial charge on any atom is 0.264 e. The van der Waals surface area contributed by atoms with Gasteiger partial charge in [-0.1, -0.05) is 49.7 Å². The minimum absolute atomic E-state index is 0.0249. The van der Waals surface area contributed by atoms with Crippen molar-refractivity contribution in [1.29, 1.82) is 0 Å². The molecule has 0 radical (unpaired) electrons. The van der Waals surface area contributed by atoms with Gasteiger partial charge < -0.3 is 24.0 Å². The quantitative estimate of drug-likeness (QED) is 0.332. The van der Waals surface area contributed by atoms with E-state index in [9.17, 15) is 9.90 Å². The second-order valence-corrected chi connectivity index (χ2v) is 9.03. The monoisotopic (exact) mass is 487 g/mol. The number of aromatic nitrogens is 3. The third-order valence-electron chi connectivity index (χ3n) is 6.85. The van der Waals surface area contributed by atoms with Gasteiger partial charge in [-0.2, -0.15) is 0 Å². The van der Waals surface area contributed by atoms with Crippen LogP contribution in [0.4, 0.5) is 0 Å². The fourth-order valence-corrected chi connectivity index (χ4v) is 4.77. The van der Waals surface area contributed by atoms with E-state index in [0.29, 0.717) is 40.6 Å². The minimum atomic E-state index is -0.490. The summed E-state index contributed by atoms with van der Waals surface area (Å²) in [5.41, 5.74) is 1.74. The zero-order chi connectivity index (χ0) is 25.3. The van der Waals surface area contributed by atoms with Crippen LogP contribution in [0.1, 0.15) is 49.8 Å². The molecular formula is C28H29N3O5. The molecule has 2 heterocycles. The molecule has 0 atom stereocenters. The molecule has 0 saturated heterocycles. The minimum Gasteiger partial charge on any atom is -0.506 e. The standard InChI is InChI=1S/C28H29N3O5/c1-4-5-12-18-21(22-19(34-2)13-9-14-20(22)35-3)24(32)23(25(33)29-18)26-30-31-27(36-26)28(15-16-28)17-10-7-6-8-11-17/h6-11,13-14H,4-5,12,15-16H2,1-3H3,(H2,29,32,33). The number of nitrogens with zero attached hydrogens (tertiary/aromatic N) is 2. The highest BCUT2D eigenvalue weighted by Gasteiger charge is 2.50. The maximum absolute atomic E-state index is 13.3. The van der Waals surface area contributed by atoms with Crippen LogP contribution in [0.2, 0.25) is 0 Å². The van der Waals surface area contributed by atoms with Crippen LogP contribution in [0, 0.1) is 0 Å². The lowest BCUT2D eigenvalue weighted by Gasteiger charge is -2.18. The van der Waals surface area contributed by atoms with E-state index in [2.05, 4.69) is 22.1 Å². The first kappa shape index (κ1) is 23.7. The molecule has 8 heteroatoms. The molecule has 5 rings (SSSR count). The summed E-state index contributed by atoms with van der Waals surface area (Å²) in [6.45, 7) is 2.07. The summed E-state index contributed by atoms with van der Waals surface area (Å²) in [5, 5.41) is 20.1. The summed E-state index contributed by atoms with van der Waals surface area (Å²) in [5.74, 6) is 1.18. The summed E-state index contributed by atoms with van der Waals surface area (Å²) in [6, 6.07) is 15.4. The molecule has 8 nitrogen and oxygen atoms in total. The molecule has 2 aromatic carbocycles. The number of H-pyrrole nitrogens is 1. The van der Waals surface area contributed by atoms with Crippen LogP contribution in [0.3, 0.4) is 0 Å². The van der Waals surface area contributed by atoms with Gasteiger partial charge in [0.1, 0.15) is 22.8 Å². The number of aromatic amines is 1. The van der Waals surface area contributed by atoms with Gasteiger partial charge in [0, 0.05) is 5.69 Å². The molecule has 2 aromatic heterocycles. The van der Waals surface area contributed by atoms with Gasteiger partial charge in [0.05, 0.1) is 30.8 Å². The van der Waals surface area contributed by atoms with E-state index in [-0.39, 0.29) is 22.6 Å². The number of hydrogen-bond donors (Lipinski definition) is 2. The molecule has 0 amide bonds. The van der Waals surface area contributed by atoms with E-state index in [1.165, 1.54) is 0 Å². The lowest BCUT2D eigenvalue weighted by Crippen LogP contribution is -2.14. The fraction of sp³-hybridized carbons (Fsp3) is 0.321. The Kier molecular flexibility index (Phi) is 6.26. The number of aromatic hydroxyl groups is 1. The van der Waals surface area contributed by atoms with Crippen molar-refractivity contribution in [3.05, 3.63) is 76.0 Å². The average molecular weight is 488 g/mol. The molecule has 4 aromatic rings. The topological polar surface area (TPSA) is 110 Å². The van der Waals surface area contributed by atoms with Gasteiger partial charge in [-0.15, -0.1) is 10.2 Å². The molecule has 1 saturated carbocycles. The first-order valence-electron chi connectivity index (χ1n) is 12.1. The van der Waals surface area contributed by atoms with Crippen molar-refractivity contribution in [2.75, 3.05) is 14.2 Å². The normalized spacial score (nSPS) is 14.0. The Morgan fingerprint density at radius 1 is 0.972 bits per heavy atom. The van der Waals surface area contributed by atoms with Crippen LogP contribution < -0.4 is 15.0 Å². The van der Waals surface area contributed by atoms with E-state index < -0.39 is 5.56 Å². The van der Waals surface area contributed by atoms with Crippen LogP contribution in [0.25, 0.3) is 22.6 Å². The van der Waals surface area contributed by atoms with E-state index in [1.807, 2.05) is 30.3 Å². The second kappa shape index (κ2) is 9.53. The number of rotatable bonds is 9. The van der Waals surface area contributed by atoms with Crippen LogP contribution >= 0.6 is 0 Å². The number of pyridine rings is 1. The van der Waals surface area contributed by atoms with E-state index >= 15 is 0 Å². The van der Waals surface area contributed by atoms with E-state index in [0.717, 1.165) is 31.2 Å². The molecule has 1 aliphatic carbocycles. The largest absolute Gasteiger partial charge is 0.506 e. The number of hydrogen-bond acceptors (Lipinski definition) is 7. The Bertz CT molecular complexity index is 1420. The van der Waals surface area contributed by atoms with E-state index in [1.54, 1.807) is 32.4 Å².